The molecule has 1 N–H and O–H groups in total. The number of nitrogens with one attached hydrogen (secondary N) is 1. The van der Waals surface area contributed by atoms with E-state index in [2.05, 4.69) is 15.0 Å². The summed E-state index contributed by atoms with van der Waals surface area (Å²) in [6.45, 7) is -0.350. The van der Waals surface area contributed by atoms with E-state index in [9.17, 15) is 9.59 Å². The van der Waals surface area contributed by atoms with Crippen LogP contribution in [0.25, 0.3) is 11.0 Å². The standard InChI is InChI=1S/C25H16Cl4FN3O5/c26-14-5-1-12(2-6-14)23(34)36-10-17-16(37-24(35)13-3-7-15(27)8-4-13)9-25(29,38-17)20-19(30)18-21(28)31-11-32-22(18)33-20/h1-8,11,16-17H,9-10H2,(H,31,32,33)/t16-,17+,25+/m0/s1. The summed E-state index contributed by atoms with van der Waals surface area (Å²) >= 11 is 24.6. The summed E-state index contributed by atoms with van der Waals surface area (Å²) < 4.78 is 32.4. The minimum Gasteiger partial charge on any atom is -0.459 e. The van der Waals surface area contributed by atoms with Gasteiger partial charge in [0.1, 0.15) is 41.6 Å². The van der Waals surface area contributed by atoms with Crippen molar-refractivity contribution in [3.63, 3.8) is 0 Å². The Morgan fingerprint density at radius 1 is 1.00 bits per heavy atom. The molecule has 0 amide bonds. The molecule has 0 spiro atoms. The lowest BCUT2D eigenvalue weighted by atomic mass is 10.1. The molecular formula is C25H16Cl4FN3O5. The van der Waals surface area contributed by atoms with Crippen molar-refractivity contribution in [1.29, 1.82) is 0 Å². The number of ether oxygens (including phenoxy) is 3. The molecule has 3 heterocycles. The van der Waals surface area contributed by atoms with E-state index in [1.165, 1.54) is 48.5 Å². The van der Waals surface area contributed by atoms with Crippen molar-refractivity contribution in [3.05, 3.63) is 92.7 Å². The fourth-order valence-electron chi connectivity index (χ4n) is 4.00. The van der Waals surface area contributed by atoms with Crippen LogP contribution in [0.3, 0.4) is 0 Å². The first-order chi connectivity index (χ1) is 18.1. The highest BCUT2D eigenvalue weighted by molar-refractivity contribution is 6.34. The Balaban J connectivity index is 1.41. The van der Waals surface area contributed by atoms with Gasteiger partial charge in [-0.3, -0.25) is 0 Å². The number of hydrogen-bond donors (Lipinski definition) is 1. The first-order valence-corrected chi connectivity index (χ1v) is 12.6. The SMILES string of the molecule is O=C(OC[C@H]1O[C@@](Cl)(c2[nH]c3ncnc(Cl)c3c2F)C[C@@H]1OC(=O)c1ccc(Cl)cc1)c1ccc(Cl)cc1. The topological polar surface area (TPSA) is 103 Å². The summed E-state index contributed by atoms with van der Waals surface area (Å²) in [7, 11) is 0. The maximum Gasteiger partial charge on any atom is 0.338 e. The predicted molar refractivity (Wildman–Crippen MR) is 138 cm³/mol. The largest absolute Gasteiger partial charge is 0.459 e. The molecule has 2 aromatic heterocycles. The summed E-state index contributed by atoms with van der Waals surface area (Å²) in [4.78, 5) is 36.0. The van der Waals surface area contributed by atoms with Gasteiger partial charge in [-0.2, -0.15) is 0 Å². The van der Waals surface area contributed by atoms with Crippen LogP contribution in [0.15, 0.2) is 54.9 Å². The number of nitrogens with zero attached hydrogens (tertiary/aromatic N) is 2. The second-order valence-electron chi connectivity index (χ2n) is 8.35. The summed E-state index contributed by atoms with van der Waals surface area (Å²) in [5, 5.41) is -1.14. The lowest BCUT2D eigenvalue weighted by Crippen LogP contribution is -2.32. The van der Waals surface area contributed by atoms with Gasteiger partial charge in [-0.25, -0.2) is 23.9 Å². The normalized spacial score (nSPS) is 21.0. The second kappa shape index (κ2) is 10.7. The van der Waals surface area contributed by atoms with Gasteiger partial charge in [0.25, 0.3) is 0 Å². The smallest absolute Gasteiger partial charge is 0.338 e. The molecule has 0 aliphatic carbocycles. The zero-order valence-corrected chi connectivity index (χ0v) is 22.1. The third-order valence-electron chi connectivity index (χ3n) is 5.87. The number of benzene rings is 2. The van der Waals surface area contributed by atoms with E-state index in [0.717, 1.165) is 6.33 Å². The molecule has 196 valence electrons. The van der Waals surface area contributed by atoms with Gasteiger partial charge >= 0.3 is 11.9 Å². The van der Waals surface area contributed by atoms with E-state index < -0.39 is 35.0 Å². The van der Waals surface area contributed by atoms with Crippen molar-refractivity contribution >= 4 is 69.4 Å². The highest BCUT2D eigenvalue weighted by Gasteiger charge is 2.51. The highest BCUT2D eigenvalue weighted by atomic mass is 35.5. The molecule has 0 bridgehead atoms. The number of esters is 2. The maximum atomic E-state index is 15.4. The fraction of sp³-hybridized carbons (Fsp3) is 0.200. The van der Waals surface area contributed by atoms with Crippen LogP contribution in [0.1, 0.15) is 32.8 Å². The van der Waals surface area contributed by atoms with Crippen LogP contribution < -0.4 is 0 Å². The molecule has 4 aromatic rings. The third kappa shape index (κ3) is 5.30. The minimum atomic E-state index is -1.84. The van der Waals surface area contributed by atoms with E-state index in [4.69, 9.17) is 60.6 Å². The minimum absolute atomic E-state index is 0.0693. The molecule has 1 aliphatic heterocycles. The van der Waals surface area contributed by atoms with Gasteiger partial charge in [-0.05, 0) is 48.5 Å². The van der Waals surface area contributed by atoms with Crippen LogP contribution in [0, 0.1) is 5.82 Å². The number of carbonyl (C=O) groups excluding carboxylic acids is 2. The molecular weight excluding hydrogens is 583 g/mol. The summed E-state index contributed by atoms with van der Waals surface area (Å²) in [6, 6.07) is 12.1. The molecule has 1 aliphatic rings. The van der Waals surface area contributed by atoms with Crippen molar-refractivity contribution in [3.8, 4) is 0 Å². The Hall–Kier alpha value is -2.95. The second-order valence-corrected chi connectivity index (χ2v) is 10.2. The Labute approximate surface area is 234 Å². The van der Waals surface area contributed by atoms with Gasteiger partial charge in [0.15, 0.2) is 10.9 Å². The van der Waals surface area contributed by atoms with Crippen molar-refractivity contribution in [2.75, 3.05) is 6.61 Å². The van der Waals surface area contributed by atoms with E-state index in [1.54, 1.807) is 0 Å². The third-order valence-corrected chi connectivity index (χ3v) is 7.09. The molecule has 2 aromatic carbocycles. The lowest BCUT2D eigenvalue weighted by Gasteiger charge is -2.21. The quantitative estimate of drug-likeness (QED) is 0.157. The number of aromatic nitrogens is 3. The number of aromatic amines is 1. The zero-order chi connectivity index (χ0) is 27.0. The van der Waals surface area contributed by atoms with Crippen molar-refractivity contribution in [2.45, 2.75) is 23.7 Å². The van der Waals surface area contributed by atoms with Gasteiger partial charge in [0.05, 0.1) is 16.5 Å². The Morgan fingerprint density at radius 2 is 1.61 bits per heavy atom. The molecule has 3 atom stereocenters. The van der Waals surface area contributed by atoms with Crippen LogP contribution in [-0.2, 0) is 19.3 Å². The van der Waals surface area contributed by atoms with E-state index in [1.807, 2.05) is 0 Å². The van der Waals surface area contributed by atoms with E-state index in [0.29, 0.717) is 10.0 Å². The number of carbonyl (C=O) groups is 2. The van der Waals surface area contributed by atoms with Crippen LogP contribution in [0.4, 0.5) is 4.39 Å². The lowest BCUT2D eigenvalue weighted by molar-refractivity contribution is -0.0547. The molecule has 1 saturated heterocycles. The summed E-state index contributed by atoms with van der Waals surface area (Å²) in [5.74, 6) is -2.18. The zero-order valence-electron chi connectivity index (χ0n) is 19.1. The molecule has 0 saturated carbocycles. The average Bonchev–Trinajstić information content (AvgIpc) is 3.41. The van der Waals surface area contributed by atoms with Gasteiger partial charge in [-0.1, -0.05) is 46.4 Å². The molecule has 38 heavy (non-hydrogen) atoms. The monoisotopic (exact) mass is 597 g/mol. The fourth-order valence-corrected chi connectivity index (χ4v) is 4.87. The first-order valence-electron chi connectivity index (χ1n) is 11.1. The first kappa shape index (κ1) is 26.6. The van der Waals surface area contributed by atoms with Crippen LogP contribution >= 0.6 is 46.4 Å². The van der Waals surface area contributed by atoms with Gasteiger partial charge in [-0.15, -0.1) is 0 Å². The van der Waals surface area contributed by atoms with Crippen molar-refractivity contribution < 1.29 is 28.2 Å². The van der Waals surface area contributed by atoms with Gasteiger partial charge in [0.2, 0.25) is 0 Å². The highest BCUT2D eigenvalue weighted by Crippen LogP contribution is 2.46. The average molecular weight is 599 g/mol. The Bertz CT molecular complexity index is 1520. The molecule has 5 rings (SSSR count). The van der Waals surface area contributed by atoms with Gasteiger partial charge in [0, 0.05) is 16.5 Å². The molecule has 13 heteroatoms. The molecule has 0 radical (unpaired) electrons. The van der Waals surface area contributed by atoms with Crippen molar-refractivity contribution in [1.82, 2.24) is 15.0 Å². The van der Waals surface area contributed by atoms with E-state index >= 15 is 4.39 Å². The van der Waals surface area contributed by atoms with Crippen LogP contribution in [-0.4, -0.2) is 45.7 Å². The number of halogens is 5. The van der Waals surface area contributed by atoms with Crippen LogP contribution in [0.2, 0.25) is 15.2 Å². The van der Waals surface area contributed by atoms with Crippen LogP contribution in [0.5, 0.6) is 0 Å². The maximum absolute atomic E-state index is 15.4. The Morgan fingerprint density at radius 3 is 2.21 bits per heavy atom. The number of alkyl halides is 1. The number of hydrogen-bond acceptors (Lipinski definition) is 7. The summed E-state index contributed by atoms with van der Waals surface area (Å²) in [6.07, 6.45) is -1.10. The van der Waals surface area contributed by atoms with E-state index in [-0.39, 0.29) is 46.0 Å². The predicted octanol–water partition coefficient (Wildman–Crippen LogP) is 6.32. The molecule has 0 unspecified atom stereocenters. The number of fused-ring (bicyclic) bond motifs is 1. The number of rotatable bonds is 6. The molecule has 1 fully saturated rings. The van der Waals surface area contributed by atoms with Crippen molar-refractivity contribution in [2.24, 2.45) is 0 Å². The number of H-pyrrole nitrogens is 1. The summed E-state index contributed by atoms with van der Waals surface area (Å²) in [5.41, 5.74) is 0.385. The van der Waals surface area contributed by atoms with Gasteiger partial charge < -0.3 is 19.2 Å². The Kier molecular flexibility index (Phi) is 7.48. The molecule has 8 nitrogen and oxygen atoms in total.